The highest BCUT2D eigenvalue weighted by atomic mass is 31.2. The summed E-state index contributed by atoms with van der Waals surface area (Å²) in [5.74, 6) is -0.315. The van der Waals surface area contributed by atoms with Gasteiger partial charge < -0.3 is 9.26 Å². The molecule has 2 aromatic heterocycles. The van der Waals surface area contributed by atoms with Crippen molar-refractivity contribution in [2.75, 3.05) is 0 Å². The fourth-order valence-corrected chi connectivity index (χ4v) is 3.80. The molecule has 0 unspecified atom stereocenters. The Labute approximate surface area is 185 Å². The van der Waals surface area contributed by atoms with E-state index in [-0.39, 0.29) is 11.5 Å². The lowest BCUT2D eigenvalue weighted by Crippen LogP contribution is -2.16. The number of hydrogen-bond acceptors (Lipinski definition) is 5. The maximum atomic E-state index is 12.3. The predicted molar refractivity (Wildman–Crippen MR) is 115 cm³/mol. The minimum absolute atomic E-state index is 0.0215. The molecule has 0 atom stereocenters. The van der Waals surface area contributed by atoms with Gasteiger partial charge in [0.15, 0.2) is 0 Å². The van der Waals surface area contributed by atoms with Crippen LogP contribution in [0.5, 0.6) is 11.5 Å². The summed E-state index contributed by atoms with van der Waals surface area (Å²) >= 11 is 0. The van der Waals surface area contributed by atoms with Crippen molar-refractivity contribution >= 4 is 18.7 Å². The van der Waals surface area contributed by atoms with Gasteiger partial charge in [0.2, 0.25) is 0 Å². The third-order valence-corrected chi connectivity index (χ3v) is 5.13. The van der Waals surface area contributed by atoms with Crippen molar-refractivity contribution in [1.29, 1.82) is 0 Å². The van der Waals surface area contributed by atoms with E-state index in [1.54, 1.807) is 43.3 Å². The number of alkyl halides is 3. The van der Waals surface area contributed by atoms with Gasteiger partial charge in [-0.2, -0.15) is 0 Å². The number of pyridine rings is 2. The Morgan fingerprint density at radius 3 is 2.21 bits per heavy atom. The van der Waals surface area contributed by atoms with E-state index < -0.39 is 14.2 Å². The average molecular weight is 476 g/mol. The van der Waals surface area contributed by atoms with Crippen LogP contribution in [0.25, 0.3) is 33.4 Å². The summed E-state index contributed by atoms with van der Waals surface area (Å²) in [6.45, 7) is 1.63. The molecular formula is C22H16F3N2O5P. The van der Waals surface area contributed by atoms with E-state index in [2.05, 4.69) is 14.7 Å². The summed E-state index contributed by atoms with van der Waals surface area (Å²) in [5, 5.41) is 0.452. The first-order valence-electron chi connectivity index (χ1n) is 9.47. The van der Waals surface area contributed by atoms with E-state index in [4.69, 9.17) is 4.52 Å². The second-order valence-electron chi connectivity index (χ2n) is 7.02. The van der Waals surface area contributed by atoms with Crippen LogP contribution in [0.3, 0.4) is 0 Å². The van der Waals surface area contributed by atoms with E-state index in [1.807, 2.05) is 0 Å². The molecule has 170 valence electrons. The molecule has 4 aromatic rings. The van der Waals surface area contributed by atoms with Crippen LogP contribution in [-0.2, 0) is 4.57 Å². The molecular weight excluding hydrogens is 460 g/mol. The summed E-state index contributed by atoms with van der Waals surface area (Å²) in [6.07, 6.45) is -3.25. The van der Waals surface area contributed by atoms with Crippen molar-refractivity contribution in [2.24, 2.45) is 0 Å². The third-order valence-electron chi connectivity index (χ3n) is 4.71. The van der Waals surface area contributed by atoms with Crippen molar-refractivity contribution in [1.82, 2.24) is 9.97 Å². The number of fused-ring (bicyclic) bond motifs is 1. The monoisotopic (exact) mass is 476 g/mol. The van der Waals surface area contributed by atoms with Gasteiger partial charge in [0.05, 0.1) is 16.9 Å². The number of nitrogens with zero attached hydrogens (tertiary/aromatic N) is 2. The number of benzene rings is 2. The van der Waals surface area contributed by atoms with Gasteiger partial charge in [0.1, 0.15) is 11.5 Å². The molecule has 7 nitrogen and oxygen atoms in total. The summed E-state index contributed by atoms with van der Waals surface area (Å²) in [5.41, 5.74) is 2.96. The number of hydrogen-bond donors (Lipinski definition) is 2. The van der Waals surface area contributed by atoms with E-state index in [0.717, 1.165) is 0 Å². The largest absolute Gasteiger partial charge is 0.573 e. The SMILES string of the molecule is Cc1c(-c2ccc(-c3ccc(OC(F)(F)F)cc3)nc2)nc2ccccc2c1OP(=O)(O)O. The zero-order valence-corrected chi connectivity index (χ0v) is 17.8. The predicted octanol–water partition coefficient (Wildman–Crippen LogP) is 5.64. The highest BCUT2D eigenvalue weighted by molar-refractivity contribution is 7.46. The minimum atomic E-state index is -4.82. The smallest absolute Gasteiger partial charge is 0.406 e. The second kappa shape index (κ2) is 8.47. The molecule has 2 heterocycles. The number of para-hydroxylation sites is 1. The summed E-state index contributed by atoms with van der Waals surface area (Å²) in [4.78, 5) is 27.6. The van der Waals surface area contributed by atoms with Gasteiger partial charge in [-0.3, -0.25) is 14.8 Å². The van der Waals surface area contributed by atoms with Crippen molar-refractivity contribution in [3.63, 3.8) is 0 Å². The topological polar surface area (TPSA) is 102 Å². The minimum Gasteiger partial charge on any atom is -0.406 e. The zero-order chi connectivity index (χ0) is 23.8. The van der Waals surface area contributed by atoms with Gasteiger partial charge in [-0.05, 0) is 55.5 Å². The Hall–Kier alpha value is -3.46. The summed E-state index contributed by atoms with van der Waals surface area (Å²) in [6, 6.07) is 15.4. The molecule has 0 saturated heterocycles. The summed E-state index contributed by atoms with van der Waals surface area (Å²) < 4.78 is 57.3. The molecule has 0 aliphatic carbocycles. The molecule has 0 amide bonds. The van der Waals surface area contributed by atoms with Crippen LogP contribution < -0.4 is 9.26 Å². The number of aromatic nitrogens is 2. The van der Waals surface area contributed by atoms with Crippen LogP contribution in [0.4, 0.5) is 13.2 Å². The lowest BCUT2D eigenvalue weighted by molar-refractivity contribution is -0.274. The van der Waals surface area contributed by atoms with Crippen LogP contribution in [0.15, 0.2) is 66.9 Å². The maximum absolute atomic E-state index is 12.3. The molecule has 0 fully saturated rings. The van der Waals surface area contributed by atoms with Gasteiger partial charge >= 0.3 is 14.2 Å². The van der Waals surface area contributed by atoms with Gasteiger partial charge in [-0.25, -0.2) is 9.55 Å². The molecule has 0 spiro atoms. The van der Waals surface area contributed by atoms with Crippen molar-refractivity contribution in [3.8, 4) is 34.0 Å². The Morgan fingerprint density at radius 1 is 0.939 bits per heavy atom. The van der Waals surface area contributed by atoms with Gasteiger partial charge in [-0.15, -0.1) is 13.2 Å². The Morgan fingerprint density at radius 2 is 1.61 bits per heavy atom. The molecule has 0 bridgehead atoms. The van der Waals surface area contributed by atoms with E-state index in [1.165, 1.54) is 30.5 Å². The number of rotatable bonds is 5. The quantitative estimate of drug-likeness (QED) is 0.359. The maximum Gasteiger partial charge on any atom is 0.573 e. The average Bonchev–Trinajstić information content (AvgIpc) is 2.74. The molecule has 4 rings (SSSR count). The first-order chi connectivity index (χ1) is 15.5. The fourth-order valence-electron chi connectivity index (χ4n) is 3.33. The highest BCUT2D eigenvalue weighted by Crippen LogP contribution is 2.44. The van der Waals surface area contributed by atoms with Crippen LogP contribution >= 0.6 is 7.82 Å². The molecule has 33 heavy (non-hydrogen) atoms. The molecule has 0 aliphatic rings. The van der Waals surface area contributed by atoms with Gasteiger partial charge in [0.25, 0.3) is 0 Å². The Balaban J connectivity index is 1.70. The number of halogens is 3. The number of ether oxygens (including phenoxy) is 1. The number of phosphoric acid groups is 1. The van der Waals surface area contributed by atoms with E-state index in [0.29, 0.717) is 39.0 Å². The number of phosphoric ester groups is 1. The molecule has 0 saturated carbocycles. The second-order valence-corrected chi connectivity index (χ2v) is 8.18. The lowest BCUT2D eigenvalue weighted by Gasteiger charge is -2.16. The summed E-state index contributed by atoms with van der Waals surface area (Å²) in [7, 11) is -4.82. The molecule has 2 aromatic carbocycles. The van der Waals surface area contributed by atoms with E-state index >= 15 is 0 Å². The van der Waals surface area contributed by atoms with Crippen molar-refractivity contribution in [2.45, 2.75) is 13.3 Å². The standard InChI is InChI=1S/C22H16F3N2O5P/c1-13-20(27-19-5-3-2-4-17(19)21(13)32-33(28,29)30)15-8-11-18(26-12-15)14-6-9-16(10-7-14)31-22(23,24)25/h2-12H,1H3,(H2,28,29,30). The highest BCUT2D eigenvalue weighted by Gasteiger charge is 2.31. The first kappa shape index (κ1) is 22.7. The Bertz CT molecular complexity index is 1350. The van der Waals surface area contributed by atoms with Gasteiger partial charge in [-0.1, -0.05) is 12.1 Å². The van der Waals surface area contributed by atoms with Crippen molar-refractivity contribution in [3.05, 3.63) is 72.4 Å². The normalized spacial score (nSPS) is 12.1. The van der Waals surface area contributed by atoms with Crippen LogP contribution in [0.2, 0.25) is 0 Å². The Kier molecular flexibility index (Phi) is 5.84. The molecule has 0 aliphatic heterocycles. The van der Waals surface area contributed by atoms with Crippen LogP contribution in [-0.4, -0.2) is 26.1 Å². The molecule has 11 heteroatoms. The van der Waals surface area contributed by atoms with Crippen LogP contribution in [0, 0.1) is 6.92 Å². The molecule has 0 radical (unpaired) electrons. The van der Waals surface area contributed by atoms with Crippen LogP contribution in [0.1, 0.15) is 5.56 Å². The first-order valence-corrected chi connectivity index (χ1v) is 11.0. The fraction of sp³-hybridized carbons (Fsp3) is 0.0909. The lowest BCUT2D eigenvalue weighted by atomic mass is 10.0. The third kappa shape index (κ3) is 5.31. The van der Waals surface area contributed by atoms with Crippen molar-refractivity contribution < 1.29 is 36.8 Å². The zero-order valence-electron chi connectivity index (χ0n) is 16.9. The van der Waals surface area contributed by atoms with E-state index in [9.17, 15) is 27.5 Å². The molecule has 2 N–H and O–H groups in total. The van der Waals surface area contributed by atoms with Gasteiger partial charge in [0, 0.05) is 28.3 Å².